The van der Waals surface area contributed by atoms with Crippen molar-refractivity contribution < 1.29 is 17.9 Å². The first-order chi connectivity index (χ1) is 15.5. The van der Waals surface area contributed by atoms with Gasteiger partial charge in [0.1, 0.15) is 11.6 Å². The molecule has 2 N–H and O–H groups in total. The van der Waals surface area contributed by atoms with Crippen LogP contribution in [0.25, 0.3) is 16.7 Å². The van der Waals surface area contributed by atoms with Crippen molar-refractivity contribution in [1.82, 2.24) is 29.5 Å². The lowest BCUT2D eigenvalue weighted by Crippen LogP contribution is -2.37. The highest BCUT2D eigenvalue weighted by molar-refractivity contribution is 5.75. The molecule has 0 radical (unpaired) electrons. The Hall–Kier alpha value is -3.41. The predicted molar refractivity (Wildman–Crippen MR) is 109 cm³/mol. The van der Waals surface area contributed by atoms with Crippen LogP contribution in [0.2, 0.25) is 0 Å². The van der Waals surface area contributed by atoms with Crippen molar-refractivity contribution in [3.63, 3.8) is 0 Å². The van der Waals surface area contributed by atoms with E-state index in [0.717, 1.165) is 0 Å². The highest BCUT2D eigenvalue weighted by Crippen LogP contribution is 2.56. The number of aromatic nitrogens is 6. The van der Waals surface area contributed by atoms with Gasteiger partial charge in [0.25, 0.3) is 5.92 Å². The second-order valence-electron chi connectivity index (χ2n) is 8.00. The molecule has 166 valence electrons. The van der Waals surface area contributed by atoms with E-state index in [9.17, 15) is 13.2 Å². The van der Waals surface area contributed by atoms with Crippen LogP contribution < -0.4 is 10.2 Å². The molecule has 0 bridgehead atoms. The standard InChI is InChI=1S/C20H19F3N8O/c21-11-1-2-14-15(7-11)27-16(26-14)10-24-18-29-19(30-3-5-32-6-4-30)28-17-12(9-25-31(17)18)13-8-20(13,22)23/h1-2,7,9,13H,3-6,8,10H2,(H,26,27)(H,24,28,29)/t13-/m0/s1. The Morgan fingerprint density at radius 3 is 2.78 bits per heavy atom. The van der Waals surface area contributed by atoms with E-state index in [1.165, 1.54) is 22.8 Å². The van der Waals surface area contributed by atoms with Gasteiger partial charge < -0.3 is 19.9 Å². The van der Waals surface area contributed by atoms with Gasteiger partial charge in [-0.05, 0) is 12.1 Å². The molecule has 12 heteroatoms. The van der Waals surface area contributed by atoms with E-state index < -0.39 is 11.8 Å². The van der Waals surface area contributed by atoms with Gasteiger partial charge in [0.2, 0.25) is 11.9 Å². The lowest BCUT2D eigenvalue weighted by atomic mass is 10.2. The number of nitrogens with one attached hydrogen (secondary N) is 2. The van der Waals surface area contributed by atoms with Crippen molar-refractivity contribution in [2.75, 3.05) is 36.5 Å². The van der Waals surface area contributed by atoms with Gasteiger partial charge in [0.15, 0.2) is 5.65 Å². The van der Waals surface area contributed by atoms with Crippen LogP contribution in [0.1, 0.15) is 23.7 Å². The maximum absolute atomic E-state index is 13.8. The van der Waals surface area contributed by atoms with Crippen molar-refractivity contribution in [1.29, 1.82) is 0 Å². The van der Waals surface area contributed by atoms with Gasteiger partial charge >= 0.3 is 0 Å². The third-order valence-electron chi connectivity index (χ3n) is 5.79. The zero-order valence-corrected chi connectivity index (χ0v) is 16.9. The Balaban J connectivity index is 1.36. The number of imidazole rings is 1. The maximum Gasteiger partial charge on any atom is 0.256 e. The molecule has 1 aliphatic carbocycles. The van der Waals surface area contributed by atoms with Crippen LogP contribution in [0, 0.1) is 5.82 Å². The maximum atomic E-state index is 13.8. The van der Waals surface area contributed by atoms with Crippen molar-refractivity contribution in [2.24, 2.45) is 0 Å². The van der Waals surface area contributed by atoms with Gasteiger partial charge in [-0.3, -0.25) is 0 Å². The molecule has 0 spiro atoms. The van der Waals surface area contributed by atoms with Crippen molar-refractivity contribution in [3.05, 3.63) is 41.6 Å². The number of morpholine rings is 1. The van der Waals surface area contributed by atoms with Crippen LogP contribution in [0.4, 0.5) is 25.1 Å². The van der Waals surface area contributed by atoms with E-state index in [4.69, 9.17) is 4.74 Å². The summed E-state index contributed by atoms with van der Waals surface area (Å²) < 4.78 is 47.9. The first-order valence-corrected chi connectivity index (χ1v) is 10.3. The van der Waals surface area contributed by atoms with Crippen LogP contribution in [0.5, 0.6) is 0 Å². The molecule has 0 amide bonds. The van der Waals surface area contributed by atoms with E-state index in [1.54, 1.807) is 6.07 Å². The quantitative estimate of drug-likeness (QED) is 0.489. The zero-order chi connectivity index (χ0) is 21.9. The number of benzene rings is 1. The number of anilines is 2. The Bertz CT molecular complexity index is 1310. The molecule has 1 saturated heterocycles. The second kappa shape index (κ2) is 7.05. The van der Waals surface area contributed by atoms with E-state index in [-0.39, 0.29) is 18.8 Å². The third kappa shape index (κ3) is 3.30. The first kappa shape index (κ1) is 19.3. The molecule has 2 aliphatic rings. The summed E-state index contributed by atoms with van der Waals surface area (Å²) in [6.45, 7) is 2.54. The molecule has 0 unspecified atom stereocenters. The zero-order valence-electron chi connectivity index (χ0n) is 16.9. The average Bonchev–Trinajstić information content (AvgIpc) is 3.12. The number of nitrogens with zero attached hydrogens (tertiary/aromatic N) is 6. The molecule has 32 heavy (non-hydrogen) atoms. The highest BCUT2D eigenvalue weighted by Gasteiger charge is 2.59. The molecule has 9 nitrogen and oxygen atoms in total. The third-order valence-corrected chi connectivity index (χ3v) is 5.79. The van der Waals surface area contributed by atoms with Crippen LogP contribution in [0.15, 0.2) is 24.4 Å². The summed E-state index contributed by atoms with van der Waals surface area (Å²) in [4.78, 5) is 18.6. The summed E-state index contributed by atoms with van der Waals surface area (Å²) in [5.74, 6) is -2.61. The van der Waals surface area contributed by atoms with E-state index in [0.29, 0.717) is 66.3 Å². The second-order valence-corrected chi connectivity index (χ2v) is 8.00. The van der Waals surface area contributed by atoms with Crippen molar-refractivity contribution in [2.45, 2.75) is 24.8 Å². The minimum absolute atomic E-state index is 0.205. The summed E-state index contributed by atoms with van der Waals surface area (Å²) in [5.41, 5.74) is 2.00. The Labute approximate surface area is 179 Å². The van der Waals surface area contributed by atoms with Crippen LogP contribution >= 0.6 is 0 Å². The largest absolute Gasteiger partial charge is 0.378 e. The van der Waals surface area contributed by atoms with Gasteiger partial charge in [-0.25, -0.2) is 18.2 Å². The Kier molecular flexibility index (Phi) is 4.25. The lowest BCUT2D eigenvalue weighted by molar-refractivity contribution is 0.112. The van der Waals surface area contributed by atoms with Crippen LogP contribution in [0.3, 0.4) is 0 Å². The molecular formula is C20H19F3N8O. The highest BCUT2D eigenvalue weighted by atomic mass is 19.3. The lowest BCUT2D eigenvalue weighted by Gasteiger charge is -2.27. The number of ether oxygens (including phenoxy) is 1. The van der Waals surface area contributed by atoms with Crippen LogP contribution in [-0.2, 0) is 11.3 Å². The number of alkyl halides is 2. The first-order valence-electron chi connectivity index (χ1n) is 10.3. The van der Waals surface area contributed by atoms with Gasteiger partial charge in [0.05, 0.1) is 42.9 Å². The molecule has 4 aromatic rings. The summed E-state index contributed by atoms with van der Waals surface area (Å²) in [6, 6.07) is 4.33. The van der Waals surface area contributed by atoms with E-state index in [1.807, 2.05) is 4.90 Å². The smallest absolute Gasteiger partial charge is 0.256 e. The number of H-pyrrole nitrogens is 1. The topological polar surface area (TPSA) is 96.3 Å². The van der Waals surface area contributed by atoms with Gasteiger partial charge in [-0.15, -0.1) is 0 Å². The number of hydrogen-bond donors (Lipinski definition) is 2. The summed E-state index contributed by atoms with van der Waals surface area (Å²) in [5, 5.41) is 7.44. The minimum Gasteiger partial charge on any atom is -0.378 e. The minimum atomic E-state index is -2.73. The molecule has 3 aromatic heterocycles. The summed E-state index contributed by atoms with van der Waals surface area (Å²) in [6.07, 6.45) is 1.23. The normalized spacial score (nSPS) is 20.2. The fourth-order valence-corrected chi connectivity index (χ4v) is 3.98. The molecule has 1 aliphatic heterocycles. The number of aromatic amines is 1. The van der Waals surface area contributed by atoms with Gasteiger partial charge in [-0.2, -0.15) is 19.6 Å². The SMILES string of the molecule is Fc1ccc2[nH]c(CNc3nc(N4CCOCC4)nc4c([C@@H]5CC5(F)F)cnn34)nc2c1. The predicted octanol–water partition coefficient (Wildman–Crippen LogP) is 2.71. The van der Waals surface area contributed by atoms with E-state index >= 15 is 0 Å². The summed E-state index contributed by atoms with van der Waals surface area (Å²) >= 11 is 0. The number of hydrogen-bond acceptors (Lipinski definition) is 7. The molecule has 1 saturated carbocycles. The summed E-state index contributed by atoms with van der Waals surface area (Å²) in [7, 11) is 0. The van der Waals surface area contributed by atoms with Crippen molar-refractivity contribution >= 4 is 28.6 Å². The fraction of sp³-hybridized carbons (Fsp3) is 0.400. The van der Waals surface area contributed by atoms with Gasteiger partial charge in [0, 0.05) is 31.1 Å². The number of fused-ring (bicyclic) bond motifs is 2. The molecule has 4 heterocycles. The molecule has 1 atom stereocenters. The fourth-order valence-electron chi connectivity index (χ4n) is 3.98. The average molecular weight is 444 g/mol. The number of halogens is 3. The van der Waals surface area contributed by atoms with Crippen molar-refractivity contribution in [3.8, 4) is 0 Å². The monoisotopic (exact) mass is 444 g/mol. The van der Waals surface area contributed by atoms with Crippen LogP contribution in [-0.4, -0.2) is 61.8 Å². The Morgan fingerprint density at radius 2 is 2.00 bits per heavy atom. The molecule has 6 rings (SSSR count). The molecule has 1 aromatic carbocycles. The van der Waals surface area contributed by atoms with E-state index in [2.05, 4.69) is 30.4 Å². The molecular weight excluding hydrogens is 425 g/mol. The Morgan fingerprint density at radius 1 is 1.19 bits per heavy atom. The number of rotatable bonds is 5. The van der Waals surface area contributed by atoms with Gasteiger partial charge in [-0.1, -0.05) is 0 Å². The molecule has 2 fully saturated rings.